The molecule has 0 aliphatic carbocycles. The van der Waals surface area contributed by atoms with E-state index in [1.807, 2.05) is 38.2 Å². The van der Waals surface area contributed by atoms with Crippen molar-refractivity contribution >= 4 is 35.8 Å². The molecule has 3 nitrogen and oxygen atoms in total. The van der Waals surface area contributed by atoms with E-state index in [2.05, 4.69) is 5.32 Å². The van der Waals surface area contributed by atoms with Crippen LogP contribution >= 0.6 is 24.2 Å². The van der Waals surface area contributed by atoms with Gasteiger partial charge in [0.15, 0.2) is 0 Å². The average Bonchev–Trinajstić information content (AvgIpc) is 2.81. The third kappa shape index (κ3) is 3.37. The van der Waals surface area contributed by atoms with Gasteiger partial charge >= 0.3 is 0 Å². The fraction of sp³-hybridized carbons (Fsp3) is 0.417. The number of nitrogens with one attached hydrogen (secondary N) is 1. The van der Waals surface area contributed by atoms with Gasteiger partial charge in [-0.05, 0) is 19.1 Å². The maximum Gasteiger partial charge on any atom is 0.244 e. The van der Waals surface area contributed by atoms with E-state index < -0.39 is 0 Å². The Morgan fingerprint density at radius 3 is 2.59 bits per heavy atom. The summed E-state index contributed by atoms with van der Waals surface area (Å²) in [7, 11) is 1.83. The van der Waals surface area contributed by atoms with Crippen molar-refractivity contribution in [3.05, 3.63) is 29.8 Å². The molecule has 1 amide bonds. The molecule has 1 N–H and O–H groups in total. The van der Waals surface area contributed by atoms with Crippen LogP contribution in [0.1, 0.15) is 5.56 Å². The molecule has 17 heavy (non-hydrogen) atoms. The van der Waals surface area contributed by atoms with Crippen LogP contribution in [-0.4, -0.2) is 30.6 Å². The number of thioether (sulfide) groups is 1. The summed E-state index contributed by atoms with van der Waals surface area (Å²) in [5.41, 5.74) is 2.16. The molecular weight excluding hydrogens is 256 g/mol. The van der Waals surface area contributed by atoms with E-state index >= 15 is 0 Å². The Kier molecular flexibility index (Phi) is 5.31. The van der Waals surface area contributed by atoms with Crippen LogP contribution in [0.4, 0.5) is 5.69 Å². The molecule has 1 saturated heterocycles. The van der Waals surface area contributed by atoms with Crippen LogP contribution in [0.15, 0.2) is 24.3 Å². The van der Waals surface area contributed by atoms with Gasteiger partial charge in [0.25, 0.3) is 0 Å². The molecule has 2 rings (SSSR count). The zero-order valence-electron chi connectivity index (χ0n) is 9.97. The molecule has 0 saturated carbocycles. The fourth-order valence-electron chi connectivity index (χ4n) is 1.68. The van der Waals surface area contributed by atoms with Gasteiger partial charge in [0.2, 0.25) is 5.91 Å². The Balaban J connectivity index is 0.00000144. The summed E-state index contributed by atoms with van der Waals surface area (Å²) >= 11 is 1.77. The third-order valence-electron chi connectivity index (χ3n) is 2.77. The molecule has 1 unspecified atom stereocenters. The summed E-state index contributed by atoms with van der Waals surface area (Å²) in [4.78, 5) is 13.8. The molecule has 1 atom stereocenters. The lowest BCUT2D eigenvalue weighted by Crippen LogP contribution is -2.43. The van der Waals surface area contributed by atoms with E-state index in [0.29, 0.717) is 0 Å². The molecule has 0 radical (unpaired) electrons. The van der Waals surface area contributed by atoms with Crippen LogP contribution in [0, 0.1) is 6.92 Å². The lowest BCUT2D eigenvalue weighted by molar-refractivity contribution is -0.119. The van der Waals surface area contributed by atoms with E-state index in [-0.39, 0.29) is 24.4 Å². The zero-order chi connectivity index (χ0) is 11.5. The second-order valence-corrected chi connectivity index (χ2v) is 5.03. The van der Waals surface area contributed by atoms with Crippen LogP contribution < -0.4 is 10.2 Å². The first-order valence-electron chi connectivity index (χ1n) is 5.34. The van der Waals surface area contributed by atoms with Crippen LogP contribution in [0.2, 0.25) is 0 Å². The monoisotopic (exact) mass is 272 g/mol. The van der Waals surface area contributed by atoms with E-state index in [9.17, 15) is 4.79 Å². The Morgan fingerprint density at radius 1 is 1.41 bits per heavy atom. The van der Waals surface area contributed by atoms with Gasteiger partial charge < -0.3 is 4.90 Å². The summed E-state index contributed by atoms with van der Waals surface area (Å²) in [5, 5.41) is 3.19. The van der Waals surface area contributed by atoms with Gasteiger partial charge in [0.1, 0.15) is 0 Å². The predicted octanol–water partition coefficient (Wildman–Crippen LogP) is 2.04. The highest BCUT2D eigenvalue weighted by Gasteiger charge is 2.25. The van der Waals surface area contributed by atoms with Crippen molar-refractivity contribution in [2.75, 3.05) is 23.6 Å². The van der Waals surface area contributed by atoms with Gasteiger partial charge in [-0.2, -0.15) is 0 Å². The average molecular weight is 273 g/mol. The van der Waals surface area contributed by atoms with E-state index in [1.165, 1.54) is 5.56 Å². The number of benzene rings is 1. The molecule has 0 aromatic heterocycles. The minimum Gasteiger partial charge on any atom is -0.314 e. The lowest BCUT2D eigenvalue weighted by Gasteiger charge is -2.21. The number of hydrogen-bond donors (Lipinski definition) is 1. The minimum atomic E-state index is -0.0312. The molecule has 94 valence electrons. The first-order chi connectivity index (χ1) is 7.68. The summed E-state index contributed by atoms with van der Waals surface area (Å²) in [6, 6.07) is 7.98. The van der Waals surface area contributed by atoms with Crippen LogP contribution in [-0.2, 0) is 4.79 Å². The van der Waals surface area contributed by atoms with Crippen molar-refractivity contribution < 1.29 is 4.79 Å². The smallest absolute Gasteiger partial charge is 0.244 e. The lowest BCUT2D eigenvalue weighted by atomic mass is 10.2. The van der Waals surface area contributed by atoms with Gasteiger partial charge in [0, 0.05) is 24.4 Å². The van der Waals surface area contributed by atoms with Crippen molar-refractivity contribution in [3.8, 4) is 0 Å². The Bertz CT molecular complexity index is 377. The Hall–Kier alpha value is -0.710. The summed E-state index contributed by atoms with van der Waals surface area (Å²) in [6.45, 7) is 2.04. The first-order valence-corrected chi connectivity index (χ1v) is 6.49. The van der Waals surface area contributed by atoms with Crippen molar-refractivity contribution in [1.82, 2.24) is 5.32 Å². The number of hydrogen-bond acceptors (Lipinski definition) is 3. The standard InChI is InChI=1S/C12H16N2OS.ClH/c1-9-3-5-10(6-4-9)14(2)12(15)11-7-16-8-13-11;/h3-6,11,13H,7-8H2,1-2H3;1H. The van der Waals surface area contributed by atoms with Gasteiger partial charge in [-0.3, -0.25) is 10.1 Å². The maximum absolute atomic E-state index is 12.1. The highest BCUT2D eigenvalue weighted by atomic mass is 35.5. The third-order valence-corrected chi connectivity index (χ3v) is 3.71. The summed E-state index contributed by atoms with van der Waals surface area (Å²) < 4.78 is 0. The highest BCUT2D eigenvalue weighted by Crippen LogP contribution is 2.17. The molecule has 1 aliphatic rings. The van der Waals surface area contributed by atoms with E-state index in [1.54, 1.807) is 16.7 Å². The molecule has 1 aromatic carbocycles. The number of halogens is 1. The highest BCUT2D eigenvalue weighted by molar-refractivity contribution is 7.99. The molecule has 1 heterocycles. The fourth-order valence-corrected chi connectivity index (χ4v) is 2.62. The molecule has 1 aliphatic heterocycles. The van der Waals surface area contributed by atoms with Crippen LogP contribution in [0.3, 0.4) is 0 Å². The molecule has 0 bridgehead atoms. The Morgan fingerprint density at radius 2 is 2.06 bits per heavy atom. The van der Waals surface area contributed by atoms with Gasteiger partial charge in [0.05, 0.1) is 6.04 Å². The quantitative estimate of drug-likeness (QED) is 0.894. The number of anilines is 1. The minimum absolute atomic E-state index is 0. The zero-order valence-corrected chi connectivity index (χ0v) is 11.6. The number of amides is 1. The molecule has 5 heteroatoms. The van der Waals surface area contributed by atoms with Gasteiger partial charge in [-0.1, -0.05) is 17.7 Å². The van der Waals surface area contributed by atoms with Crippen LogP contribution in [0.5, 0.6) is 0 Å². The molecule has 0 spiro atoms. The number of nitrogens with zero attached hydrogens (tertiary/aromatic N) is 1. The molecule has 1 fully saturated rings. The van der Waals surface area contributed by atoms with Gasteiger partial charge in [-0.15, -0.1) is 24.2 Å². The van der Waals surface area contributed by atoms with E-state index in [4.69, 9.17) is 0 Å². The molecular formula is C12H17ClN2OS. The second kappa shape index (κ2) is 6.28. The Labute approximate surface area is 112 Å². The normalized spacial score (nSPS) is 18.6. The number of carbonyl (C=O) groups is 1. The second-order valence-electron chi connectivity index (χ2n) is 4.00. The van der Waals surface area contributed by atoms with Crippen molar-refractivity contribution in [2.24, 2.45) is 0 Å². The number of carbonyl (C=O) groups excluding carboxylic acids is 1. The summed E-state index contributed by atoms with van der Waals surface area (Å²) in [6.07, 6.45) is 0. The molecule has 1 aromatic rings. The van der Waals surface area contributed by atoms with Crippen molar-refractivity contribution in [2.45, 2.75) is 13.0 Å². The first kappa shape index (κ1) is 14.4. The number of likely N-dealkylation sites (N-methyl/N-ethyl adjacent to an activating group) is 1. The SMILES string of the molecule is Cc1ccc(N(C)C(=O)C2CSCN2)cc1.Cl. The topological polar surface area (TPSA) is 32.3 Å². The van der Waals surface area contributed by atoms with Crippen molar-refractivity contribution in [3.63, 3.8) is 0 Å². The van der Waals surface area contributed by atoms with Crippen LogP contribution in [0.25, 0.3) is 0 Å². The maximum atomic E-state index is 12.1. The van der Waals surface area contributed by atoms with Gasteiger partial charge in [-0.25, -0.2) is 0 Å². The predicted molar refractivity (Wildman–Crippen MR) is 76.1 cm³/mol. The summed E-state index contributed by atoms with van der Waals surface area (Å²) in [5.74, 6) is 1.89. The van der Waals surface area contributed by atoms with E-state index in [0.717, 1.165) is 17.3 Å². The largest absolute Gasteiger partial charge is 0.314 e. The van der Waals surface area contributed by atoms with Crippen molar-refractivity contribution in [1.29, 1.82) is 0 Å². The number of aryl methyl sites for hydroxylation is 1. The number of rotatable bonds is 2.